The fourth-order valence-electron chi connectivity index (χ4n) is 2.90. The van der Waals surface area contributed by atoms with Crippen LogP contribution in [0.15, 0.2) is 67.0 Å². The van der Waals surface area contributed by atoms with E-state index in [9.17, 15) is 4.39 Å². The summed E-state index contributed by atoms with van der Waals surface area (Å²) >= 11 is 0. The van der Waals surface area contributed by atoms with Crippen molar-refractivity contribution in [2.75, 3.05) is 0 Å². The second-order valence-corrected chi connectivity index (χ2v) is 5.68. The molecular weight excluding hydrogens is 287 g/mol. The van der Waals surface area contributed by atoms with E-state index in [2.05, 4.69) is 22.1 Å². The number of halogens is 1. The average Bonchev–Trinajstić information content (AvgIpc) is 2.60. The van der Waals surface area contributed by atoms with E-state index < -0.39 is 0 Å². The summed E-state index contributed by atoms with van der Waals surface area (Å²) in [6.07, 6.45) is 5.34. The van der Waals surface area contributed by atoms with Crippen molar-refractivity contribution in [2.45, 2.75) is 12.8 Å². The predicted octanol–water partition coefficient (Wildman–Crippen LogP) is 4.71. The van der Waals surface area contributed by atoms with Crippen LogP contribution in [0.4, 0.5) is 4.39 Å². The van der Waals surface area contributed by atoms with Crippen molar-refractivity contribution in [1.29, 1.82) is 0 Å². The Morgan fingerprint density at radius 3 is 2.43 bits per heavy atom. The molecule has 0 aliphatic rings. The Balaban J connectivity index is 1.69. The van der Waals surface area contributed by atoms with Crippen molar-refractivity contribution in [2.24, 2.45) is 0 Å². The van der Waals surface area contributed by atoms with Gasteiger partial charge in [-0.15, -0.1) is 0 Å². The molecule has 0 aliphatic heterocycles. The zero-order valence-electron chi connectivity index (χ0n) is 12.5. The molecule has 0 unspecified atom stereocenters. The van der Waals surface area contributed by atoms with E-state index >= 15 is 0 Å². The number of aromatic nitrogens is 2. The monoisotopic (exact) mass is 302 g/mol. The van der Waals surface area contributed by atoms with Gasteiger partial charge in [0.15, 0.2) is 0 Å². The van der Waals surface area contributed by atoms with Gasteiger partial charge in [-0.1, -0.05) is 30.3 Å². The third kappa shape index (κ3) is 2.78. The smallest absolute Gasteiger partial charge is 0.123 e. The van der Waals surface area contributed by atoms with Crippen LogP contribution in [-0.4, -0.2) is 9.97 Å². The summed E-state index contributed by atoms with van der Waals surface area (Å²) in [4.78, 5) is 8.96. The summed E-state index contributed by atoms with van der Waals surface area (Å²) in [5.74, 6) is -0.184. The summed E-state index contributed by atoms with van der Waals surface area (Å²) < 4.78 is 13.3. The number of hydrogen-bond acceptors (Lipinski definition) is 2. The van der Waals surface area contributed by atoms with Crippen LogP contribution in [-0.2, 0) is 12.8 Å². The molecule has 4 aromatic rings. The molecule has 0 saturated heterocycles. The second-order valence-electron chi connectivity index (χ2n) is 5.68. The highest BCUT2D eigenvalue weighted by Gasteiger charge is 2.04. The number of nitrogens with zero attached hydrogens (tertiary/aromatic N) is 2. The van der Waals surface area contributed by atoms with Gasteiger partial charge in [0, 0.05) is 17.0 Å². The minimum Gasteiger partial charge on any atom is -0.254 e. The maximum atomic E-state index is 13.3. The highest BCUT2D eigenvalue weighted by molar-refractivity contribution is 6.03. The lowest BCUT2D eigenvalue weighted by Gasteiger charge is -2.06. The van der Waals surface area contributed by atoms with Gasteiger partial charge >= 0.3 is 0 Å². The van der Waals surface area contributed by atoms with Crippen molar-refractivity contribution >= 4 is 21.8 Å². The van der Waals surface area contributed by atoms with Crippen molar-refractivity contribution in [3.05, 3.63) is 83.9 Å². The molecule has 2 heterocycles. The first-order chi connectivity index (χ1) is 11.3. The van der Waals surface area contributed by atoms with Crippen LogP contribution >= 0.6 is 0 Å². The van der Waals surface area contributed by atoms with E-state index in [1.54, 1.807) is 12.1 Å². The van der Waals surface area contributed by atoms with Gasteiger partial charge in [-0.3, -0.25) is 9.97 Å². The molecule has 0 radical (unpaired) electrons. The molecule has 0 atom stereocenters. The van der Waals surface area contributed by atoms with Gasteiger partial charge in [0.25, 0.3) is 0 Å². The van der Waals surface area contributed by atoms with Gasteiger partial charge in [-0.25, -0.2) is 4.39 Å². The van der Waals surface area contributed by atoms with Crippen LogP contribution < -0.4 is 0 Å². The quantitative estimate of drug-likeness (QED) is 0.512. The molecule has 2 nitrogen and oxygen atoms in total. The molecule has 4 rings (SSSR count). The molecule has 2 aromatic heterocycles. The van der Waals surface area contributed by atoms with Crippen LogP contribution in [0.2, 0.25) is 0 Å². The molecule has 3 heteroatoms. The number of rotatable bonds is 3. The number of hydrogen-bond donors (Lipinski definition) is 0. The van der Waals surface area contributed by atoms with Gasteiger partial charge in [0.05, 0.1) is 17.2 Å². The third-order valence-electron chi connectivity index (χ3n) is 4.09. The molecule has 0 aliphatic carbocycles. The van der Waals surface area contributed by atoms with E-state index in [0.717, 1.165) is 45.8 Å². The van der Waals surface area contributed by atoms with Gasteiger partial charge in [-0.05, 0) is 48.2 Å². The Morgan fingerprint density at radius 1 is 0.696 bits per heavy atom. The topological polar surface area (TPSA) is 25.8 Å². The lowest BCUT2D eigenvalue weighted by molar-refractivity contribution is 0.625. The Kier molecular flexibility index (Phi) is 3.46. The fourth-order valence-corrected chi connectivity index (χ4v) is 2.90. The van der Waals surface area contributed by atoms with Crippen molar-refractivity contribution in [3.8, 4) is 0 Å². The largest absolute Gasteiger partial charge is 0.254 e. The average molecular weight is 302 g/mol. The van der Waals surface area contributed by atoms with Crippen LogP contribution in [0.1, 0.15) is 11.1 Å². The van der Waals surface area contributed by atoms with E-state index in [1.165, 1.54) is 6.07 Å². The Morgan fingerprint density at radius 2 is 1.52 bits per heavy atom. The molecular formula is C20H15FN2. The molecule has 0 amide bonds. The van der Waals surface area contributed by atoms with Crippen LogP contribution in [0.25, 0.3) is 21.8 Å². The van der Waals surface area contributed by atoms with Crippen LogP contribution in [0.5, 0.6) is 0 Å². The molecule has 112 valence electrons. The minimum absolute atomic E-state index is 0.184. The number of pyridine rings is 2. The summed E-state index contributed by atoms with van der Waals surface area (Å²) in [7, 11) is 0. The Bertz CT molecular complexity index is 995. The zero-order valence-corrected chi connectivity index (χ0v) is 12.5. The van der Waals surface area contributed by atoms with Gasteiger partial charge in [-0.2, -0.15) is 0 Å². The summed E-state index contributed by atoms with van der Waals surface area (Å²) in [5, 5.41) is 2.23. The molecule has 2 aromatic carbocycles. The van der Waals surface area contributed by atoms with Crippen molar-refractivity contribution in [3.63, 3.8) is 0 Å². The highest BCUT2D eigenvalue weighted by Crippen LogP contribution is 2.23. The fraction of sp³-hybridized carbons (Fsp3) is 0.100. The van der Waals surface area contributed by atoms with E-state index in [1.807, 2.05) is 36.7 Å². The predicted molar refractivity (Wildman–Crippen MR) is 90.9 cm³/mol. The van der Waals surface area contributed by atoms with E-state index in [4.69, 9.17) is 0 Å². The lowest BCUT2D eigenvalue weighted by atomic mass is 10.0. The molecule has 0 saturated carbocycles. The summed E-state index contributed by atoms with van der Waals surface area (Å²) in [6.45, 7) is 0. The standard InChI is InChI=1S/C20H15FN2/c21-16-5-3-4-14(10-16)8-9-15-11-18-17-6-1-2-7-19(17)23-13-20(18)22-12-15/h1-7,10-13H,8-9H2. The number of aryl methyl sites for hydroxylation is 2. The molecule has 0 fully saturated rings. The van der Waals surface area contributed by atoms with Crippen molar-refractivity contribution < 1.29 is 4.39 Å². The first kappa shape index (κ1) is 13.8. The Labute approximate surface area is 133 Å². The highest BCUT2D eigenvalue weighted by atomic mass is 19.1. The zero-order chi connectivity index (χ0) is 15.6. The number of benzene rings is 2. The van der Waals surface area contributed by atoms with E-state index in [-0.39, 0.29) is 5.82 Å². The maximum Gasteiger partial charge on any atom is 0.123 e. The van der Waals surface area contributed by atoms with Crippen molar-refractivity contribution in [1.82, 2.24) is 9.97 Å². The Hall–Kier alpha value is -2.81. The first-order valence-corrected chi connectivity index (χ1v) is 7.66. The normalized spacial score (nSPS) is 11.2. The third-order valence-corrected chi connectivity index (χ3v) is 4.09. The molecule has 0 N–H and O–H groups in total. The SMILES string of the molecule is Fc1cccc(CCc2cnc3cnc4ccccc4c3c2)c1. The minimum atomic E-state index is -0.184. The molecule has 0 spiro atoms. The number of para-hydroxylation sites is 1. The summed E-state index contributed by atoms with van der Waals surface area (Å²) in [6, 6.07) is 17.0. The van der Waals surface area contributed by atoms with Gasteiger partial charge < -0.3 is 0 Å². The van der Waals surface area contributed by atoms with Gasteiger partial charge in [0.2, 0.25) is 0 Å². The van der Waals surface area contributed by atoms with Crippen LogP contribution in [0, 0.1) is 5.82 Å². The maximum absolute atomic E-state index is 13.3. The summed E-state index contributed by atoms with van der Waals surface area (Å²) in [5.41, 5.74) is 4.03. The second kappa shape index (κ2) is 5.76. The van der Waals surface area contributed by atoms with Crippen LogP contribution in [0.3, 0.4) is 0 Å². The number of fused-ring (bicyclic) bond motifs is 3. The van der Waals surface area contributed by atoms with E-state index in [0.29, 0.717) is 0 Å². The first-order valence-electron chi connectivity index (χ1n) is 7.66. The van der Waals surface area contributed by atoms with Gasteiger partial charge in [0.1, 0.15) is 5.82 Å². The molecule has 0 bridgehead atoms. The lowest BCUT2D eigenvalue weighted by Crippen LogP contribution is -1.94. The molecule has 23 heavy (non-hydrogen) atoms.